The SMILES string of the molecule is Cc1ccc(-n2c(=O)c3ccccc3n3c(SCc4cc(=O)oc5cc(O)ccc45)nnc23)cc1. The Balaban J connectivity index is 1.52. The standard InChI is InChI=1S/C26H18N4O4S/c1-15-6-8-17(9-7-15)29-24(33)20-4-2-3-5-21(20)30-25(29)27-28-26(30)35-14-16-12-23(32)34-22-13-18(31)10-11-19(16)22/h2-13,31H,14H2,1H3. The van der Waals surface area contributed by atoms with Crippen LogP contribution in [-0.4, -0.2) is 24.3 Å². The summed E-state index contributed by atoms with van der Waals surface area (Å²) in [6.45, 7) is 1.99. The Hall–Kier alpha value is -4.37. The van der Waals surface area contributed by atoms with Crippen molar-refractivity contribution in [1.82, 2.24) is 19.2 Å². The van der Waals surface area contributed by atoms with E-state index in [0.29, 0.717) is 38.9 Å². The van der Waals surface area contributed by atoms with Crippen LogP contribution >= 0.6 is 11.8 Å². The van der Waals surface area contributed by atoms with Crippen molar-refractivity contribution in [1.29, 1.82) is 0 Å². The molecule has 0 saturated carbocycles. The number of hydrogen-bond donors (Lipinski definition) is 1. The molecule has 0 aliphatic heterocycles. The Morgan fingerprint density at radius 1 is 0.943 bits per heavy atom. The molecule has 0 amide bonds. The van der Waals surface area contributed by atoms with Gasteiger partial charge < -0.3 is 9.52 Å². The van der Waals surface area contributed by atoms with Crippen molar-refractivity contribution in [2.75, 3.05) is 0 Å². The number of nitrogens with zero attached hydrogens (tertiary/aromatic N) is 4. The molecular weight excluding hydrogens is 464 g/mol. The van der Waals surface area contributed by atoms with Gasteiger partial charge in [0.2, 0.25) is 5.78 Å². The third-order valence-corrected chi connectivity index (χ3v) is 6.84. The number of hydrogen-bond acceptors (Lipinski definition) is 7. The highest BCUT2D eigenvalue weighted by atomic mass is 32.2. The summed E-state index contributed by atoms with van der Waals surface area (Å²) < 4.78 is 8.66. The first-order valence-electron chi connectivity index (χ1n) is 10.8. The Kier molecular flexibility index (Phi) is 4.93. The van der Waals surface area contributed by atoms with E-state index in [1.54, 1.807) is 22.8 Å². The topological polar surface area (TPSA) is 103 Å². The fourth-order valence-electron chi connectivity index (χ4n) is 4.18. The summed E-state index contributed by atoms with van der Waals surface area (Å²) in [6, 6.07) is 21.2. The van der Waals surface area contributed by atoms with Crippen molar-refractivity contribution in [3.63, 3.8) is 0 Å². The Labute approximate surface area is 202 Å². The minimum atomic E-state index is -0.497. The molecule has 0 bridgehead atoms. The first-order valence-corrected chi connectivity index (χ1v) is 11.8. The second-order valence-corrected chi connectivity index (χ2v) is 9.11. The molecular formula is C26H18N4O4S. The zero-order chi connectivity index (χ0) is 24.1. The molecule has 0 atom stereocenters. The minimum Gasteiger partial charge on any atom is -0.508 e. The number of aromatic nitrogens is 4. The van der Waals surface area contributed by atoms with Crippen LogP contribution in [0, 0.1) is 6.92 Å². The van der Waals surface area contributed by atoms with Gasteiger partial charge in [0, 0.05) is 23.3 Å². The van der Waals surface area contributed by atoms with Gasteiger partial charge in [-0.15, -0.1) is 10.2 Å². The van der Waals surface area contributed by atoms with Crippen molar-refractivity contribution in [3.05, 3.63) is 105 Å². The maximum Gasteiger partial charge on any atom is 0.336 e. The molecule has 0 unspecified atom stereocenters. The molecule has 0 fully saturated rings. The first kappa shape index (κ1) is 21.2. The van der Waals surface area contributed by atoms with Crippen LogP contribution in [0.3, 0.4) is 0 Å². The average molecular weight is 483 g/mol. The quantitative estimate of drug-likeness (QED) is 0.293. The van der Waals surface area contributed by atoms with Crippen LogP contribution in [0.5, 0.6) is 5.75 Å². The van der Waals surface area contributed by atoms with Crippen LogP contribution in [0.2, 0.25) is 0 Å². The van der Waals surface area contributed by atoms with Gasteiger partial charge >= 0.3 is 5.63 Å². The van der Waals surface area contributed by atoms with Crippen molar-refractivity contribution in [3.8, 4) is 11.4 Å². The lowest BCUT2D eigenvalue weighted by Crippen LogP contribution is -2.21. The Bertz CT molecular complexity index is 1870. The molecule has 0 saturated heterocycles. The van der Waals surface area contributed by atoms with Crippen molar-refractivity contribution >= 4 is 39.4 Å². The Morgan fingerprint density at radius 3 is 2.57 bits per heavy atom. The summed E-state index contributed by atoms with van der Waals surface area (Å²) in [5.41, 5.74) is 2.88. The van der Waals surface area contributed by atoms with E-state index in [1.165, 1.54) is 23.9 Å². The zero-order valence-corrected chi connectivity index (χ0v) is 19.3. The second-order valence-electron chi connectivity index (χ2n) is 8.17. The monoisotopic (exact) mass is 482 g/mol. The molecule has 0 aliphatic rings. The largest absolute Gasteiger partial charge is 0.508 e. The number of rotatable bonds is 4. The van der Waals surface area contributed by atoms with Gasteiger partial charge in [-0.1, -0.05) is 41.6 Å². The molecule has 35 heavy (non-hydrogen) atoms. The predicted octanol–water partition coefficient (Wildman–Crippen LogP) is 4.45. The molecule has 0 spiro atoms. The van der Waals surface area contributed by atoms with E-state index in [0.717, 1.165) is 16.5 Å². The summed E-state index contributed by atoms with van der Waals surface area (Å²) in [5, 5.41) is 20.4. The van der Waals surface area contributed by atoms with Gasteiger partial charge in [0.25, 0.3) is 5.56 Å². The highest BCUT2D eigenvalue weighted by Gasteiger charge is 2.18. The molecule has 1 N–H and O–H groups in total. The summed E-state index contributed by atoms with van der Waals surface area (Å²) >= 11 is 1.40. The summed E-state index contributed by atoms with van der Waals surface area (Å²) in [5.74, 6) is 0.836. The van der Waals surface area contributed by atoms with Crippen LogP contribution < -0.4 is 11.2 Å². The molecule has 3 aromatic carbocycles. The van der Waals surface area contributed by atoms with Gasteiger partial charge in [-0.25, -0.2) is 9.36 Å². The summed E-state index contributed by atoms with van der Waals surface area (Å²) in [6.07, 6.45) is 0. The van der Waals surface area contributed by atoms with E-state index < -0.39 is 5.63 Å². The molecule has 9 heteroatoms. The van der Waals surface area contributed by atoms with Gasteiger partial charge in [0.1, 0.15) is 11.3 Å². The van der Waals surface area contributed by atoms with Crippen LogP contribution in [0.25, 0.3) is 33.3 Å². The van der Waals surface area contributed by atoms with Gasteiger partial charge in [0.15, 0.2) is 5.16 Å². The number of aryl methyl sites for hydroxylation is 1. The molecule has 8 nitrogen and oxygen atoms in total. The van der Waals surface area contributed by atoms with Crippen LogP contribution in [0.1, 0.15) is 11.1 Å². The lowest BCUT2D eigenvalue weighted by atomic mass is 10.1. The van der Waals surface area contributed by atoms with Crippen LogP contribution in [0.15, 0.2) is 92.0 Å². The lowest BCUT2D eigenvalue weighted by molar-refractivity contribution is 0.473. The highest BCUT2D eigenvalue weighted by Crippen LogP contribution is 2.29. The third-order valence-electron chi connectivity index (χ3n) is 5.86. The predicted molar refractivity (Wildman–Crippen MR) is 135 cm³/mol. The zero-order valence-electron chi connectivity index (χ0n) is 18.5. The fourth-order valence-corrected chi connectivity index (χ4v) is 5.11. The summed E-state index contributed by atoms with van der Waals surface area (Å²) in [4.78, 5) is 25.5. The van der Waals surface area contributed by atoms with E-state index in [4.69, 9.17) is 4.42 Å². The van der Waals surface area contributed by atoms with Crippen molar-refractivity contribution < 1.29 is 9.52 Å². The number of para-hydroxylation sites is 1. The fraction of sp³-hybridized carbons (Fsp3) is 0.0769. The lowest BCUT2D eigenvalue weighted by Gasteiger charge is -2.11. The number of phenols is 1. The van der Waals surface area contributed by atoms with E-state index in [2.05, 4.69) is 10.2 Å². The minimum absolute atomic E-state index is 0.0226. The van der Waals surface area contributed by atoms with Crippen molar-refractivity contribution in [2.24, 2.45) is 0 Å². The third kappa shape index (κ3) is 3.57. The maximum atomic E-state index is 13.4. The van der Waals surface area contributed by atoms with E-state index >= 15 is 0 Å². The van der Waals surface area contributed by atoms with Gasteiger partial charge in [-0.05, 0) is 48.9 Å². The number of benzene rings is 3. The average Bonchev–Trinajstić information content (AvgIpc) is 3.27. The molecule has 0 radical (unpaired) electrons. The first-order chi connectivity index (χ1) is 17.0. The number of phenolic OH excluding ortho intramolecular Hbond substituents is 1. The number of fused-ring (bicyclic) bond motifs is 4. The highest BCUT2D eigenvalue weighted by molar-refractivity contribution is 7.98. The molecule has 172 valence electrons. The van der Waals surface area contributed by atoms with Gasteiger partial charge in [-0.3, -0.25) is 9.20 Å². The molecule has 3 aromatic heterocycles. The van der Waals surface area contributed by atoms with Gasteiger partial charge in [-0.2, -0.15) is 0 Å². The molecule has 6 rings (SSSR count). The number of aromatic hydroxyl groups is 1. The Morgan fingerprint density at radius 2 is 1.74 bits per heavy atom. The van der Waals surface area contributed by atoms with Crippen LogP contribution in [0.4, 0.5) is 0 Å². The maximum absolute atomic E-state index is 13.4. The van der Waals surface area contributed by atoms with Crippen molar-refractivity contribution in [2.45, 2.75) is 17.8 Å². The van der Waals surface area contributed by atoms with E-state index in [9.17, 15) is 14.7 Å². The second kappa shape index (κ2) is 8.14. The van der Waals surface area contributed by atoms with Crippen LogP contribution in [-0.2, 0) is 5.75 Å². The van der Waals surface area contributed by atoms with E-state index in [1.807, 2.05) is 53.8 Å². The van der Waals surface area contributed by atoms with Gasteiger partial charge in [0.05, 0.1) is 16.6 Å². The molecule has 6 aromatic rings. The smallest absolute Gasteiger partial charge is 0.336 e. The van der Waals surface area contributed by atoms with E-state index in [-0.39, 0.29) is 11.3 Å². The molecule has 3 heterocycles. The normalized spacial score (nSPS) is 11.6. The summed E-state index contributed by atoms with van der Waals surface area (Å²) in [7, 11) is 0. The number of thioether (sulfide) groups is 1. The molecule has 0 aliphatic carbocycles.